The molecule has 0 spiro atoms. The van der Waals surface area contributed by atoms with Crippen LogP contribution in [0.3, 0.4) is 0 Å². The molecule has 0 aliphatic carbocycles. The molecule has 21 heteroatoms. The molecular weight excluding hydrogens is 614 g/mol. The van der Waals surface area contributed by atoms with Crippen LogP contribution in [0.1, 0.15) is 25.7 Å². The first-order chi connectivity index (χ1) is 19.1. The Balaban J connectivity index is 1.59. The molecule has 2 rings (SSSR count). The third-order valence-corrected chi connectivity index (χ3v) is 10.2. The molecule has 8 N–H and O–H groups in total. The Labute approximate surface area is 239 Å². The monoisotopic (exact) mass is 650 g/mol. The van der Waals surface area contributed by atoms with Crippen LogP contribution in [-0.2, 0) is 36.9 Å². The summed E-state index contributed by atoms with van der Waals surface area (Å²) >= 11 is 1.78. The van der Waals surface area contributed by atoms with Gasteiger partial charge in [0.1, 0.15) is 18.3 Å². The van der Waals surface area contributed by atoms with Crippen LogP contribution in [0.2, 0.25) is 0 Å². The molecule has 0 aromatic rings. The van der Waals surface area contributed by atoms with Gasteiger partial charge in [0.2, 0.25) is 11.8 Å². The van der Waals surface area contributed by atoms with Crippen molar-refractivity contribution in [3.8, 4) is 0 Å². The Morgan fingerprint density at radius 1 is 1.17 bits per heavy atom. The second-order valence-corrected chi connectivity index (χ2v) is 13.6. The number of thioether (sulfide) groups is 1. The molecule has 0 radical (unpaired) electrons. The summed E-state index contributed by atoms with van der Waals surface area (Å²) < 4.78 is 36.4. The number of hydrogen-bond acceptors (Lipinski definition) is 13. The average molecular weight is 651 g/mol. The summed E-state index contributed by atoms with van der Waals surface area (Å²) in [5.74, 6) is -0.00482. The zero-order chi connectivity index (χ0) is 30.8. The largest absolute Gasteiger partial charge is 0.481 e. The molecule has 2 fully saturated rings. The maximum absolute atomic E-state index is 12.3. The molecule has 41 heavy (non-hydrogen) atoms. The number of aliphatic hydroxyl groups excluding tert-OH is 3. The van der Waals surface area contributed by atoms with Gasteiger partial charge in [-0.2, -0.15) is 16.1 Å². The highest BCUT2D eigenvalue weighted by Gasteiger charge is 2.42. The van der Waals surface area contributed by atoms with Gasteiger partial charge < -0.3 is 50.8 Å². The van der Waals surface area contributed by atoms with E-state index in [1.165, 1.54) is 11.9 Å². The van der Waals surface area contributed by atoms with Crippen LogP contribution in [-0.4, -0.2) is 129 Å². The summed E-state index contributed by atoms with van der Waals surface area (Å²) in [4.78, 5) is 66.5. The molecular formula is C20H36N4O14P2S. The topological polar surface area (TPSA) is 271 Å². The van der Waals surface area contributed by atoms with E-state index in [2.05, 4.69) is 29.3 Å². The maximum Gasteiger partial charge on any atom is 0.481 e. The number of carbonyl (C=O) groups is 4. The second-order valence-electron chi connectivity index (χ2n) is 9.30. The smallest absolute Gasteiger partial charge is 0.388 e. The Hall–Kier alpha value is -1.63. The van der Waals surface area contributed by atoms with Crippen molar-refractivity contribution in [2.45, 2.75) is 61.3 Å². The SMILES string of the molecule is CN(CC(=O)NCCOP(=O)(O)OP(=O)(O)OC[C@@H](O)[C@@H](O)[C@@H](O)C=O)C(=O)CCCC[C@@H]1SC[C@@H]2NC(=O)N[C@@H]21. The van der Waals surface area contributed by atoms with Crippen LogP contribution < -0.4 is 16.0 Å². The summed E-state index contributed by atoms with van der Waals surface area (Å²) in [5, 5.41) is 36.4. The van der Waals surface area contributed by atoms with Crippen molar-refractivity contribution in [1.29, 1.82) is 0 Å². The molecule has 2 unspecified atom stereocenters. The van der Waals surface area contributed by atoms with Gasteiger partial charge in [0.15, 0.2) is 6.29 Å². The second kappa shape index (κ2) is 16.3. The average Bonchev–Trinajstić information content (AvgIpc) is 3.45. The summed E-state index contributed by atoms with van der Waals surface area (Å²) in [6.45, 7) is -2.41. The number of amides is 4. The van der Waals surface area contributed by atoms with Gasteiger partial charge in [-0.1, -0.05) is 6.42 Å². The van der Waals surface area contributed by atoms with Gasteiger partial charge in [0.05, 0.1) is 31.8 Å². The van der Waals surface area contributed by atoms with Crippen molar-refractivity contribution >= 4 is 51.5 Å². The number of phosphoric acid groups is 2. The third kappa shape index (κ3) is 12.2. The van der Waals surface area contributed by atoms with Crippen LogP contribution in [0, 0.1) is 0 Å². The van der Waals surface area contributed by atoms with Gasteiger partial charge in [-0.05, 0) is 12.8 Å². The van der Waals surface area contributed by atoms with Crippen LogP contribution in [0.25, 0.3) is 0 Å². The Bertz CT molecular complexity index is 1020. The minimum Gasteiger partial charge on any atom is -0.388 e. The van der Waals surface area contributed by atoms with E-state index in [4.69, 9.17) is 5.11 Å². The van der Waals surface area contributed by atoms with Gasteiger partial charge in [0.25, 0.3) is 0 Å². The number of nitrogens with zero attached hydrogens (tertiary/aromatic N) is 1. The lowest BCUT2D eigenvalue weighted by molar-refractivity contribution is -0.134. The number of carbonyl (C=O) groups excluding carboxylic acids is 4. The van der Waals surface area contributed by atoms with Crippen LogP contribution >= 0.6 is 27.4 Å². The Morgan fingerprint density at radius 3 is 2.54 bits per heavy atom. The first-order valence-electron chi connectivity index (χ1n) is 12.5. The van der Waals surface area contributed by atoms with E-state index in [0.717, 1.165) is 18.6 Å². The fourth-order valence-corrected chi connectivity index (χ4v) is 7.55. The fourth-order valence-electron chi connectivity index (χ4n) is 3.92. The highest BCUT2D eigenvalue weighted by Crippen LogP contribution is 2.60. The van der Waals surface area contributed by atoms with E-state index in [0.29, 0.717) is 6.42 Å². The van der Waals surface area contributed by atoms with Gasteiger partial charge >= 0.3 is 21.7 Å². The lowest BCUT2D eigenvalue weighted by Gasteiger charge is -2.21. The van der Waals surface area contributed by atoms with E-state index in [9.17, 15) is 48.3 Å². The highest BCUT2D eigenvalue weighted by atomic mass is 32.2. The number of unbranched alkanes of at least 4 members (excludes halogenated alkanes) is 1. The predicted octanol–water partition coefficient (Wildman–Crippen LogP) is -2.18. The molecule has 0 bridgehead atoms. The molecule has 0 aromatic carbocycles. The van der Waals surface area contributed by atoms with Gasteiger partial charge in [-0.3, -0.25) is 18.6 Å². The fraction of sp³-hybridized carbons (Fsp3) is 0.800. The normalized spacial score (nSPS) is 25.0. The molecule has 236 valence electrons. The number of aldehydes is 1. The molecule has 2 aliphatic rings. The Morgan fingerprint density at radius 2 is 1.85 bits per heavy atom. The van der Waals surface area contributed by atoms with Crippen molar-refractivity contribution in [2.24, 2.45) is 0 Å². The molecule has 18 nitrogen and oxygen atoms in total. The number of phosphoric ester groups is 2. The van der Waals surface area contributed by atoms with Crippen LogP contribution in [0.5, 0.6) is 0 Å². The number of rotatable bonds is 19. The Kier molecular flexibility index (Phi) is 14.1. The highest BCUT2D eigenvalue weighted by molar-refractivity contribution is 8.00. The quantitative estimate of drug-likeness (QED) is 0.0319. The number of nitrogens with one attached hydrogen (secondary N) is 3. The van der Waals surface area contributed by atoms with Crippen molar-refractivity contribution < 1.29 is 66.8 Å². The van der Waals surface area contributed by atoms with Crippen molar-refractivity contribution in [3.63, 3.8) is 0 Å². The van der Waals surface area contributed by atoms with Crippen molar-refractivity contribution in [2.75, 3.05) is 39.1 Å². The van der Waals surface area contributed by atoms with Crippen molar-refractivity contribution in [3.05, 3.63) is 0 Å². The standard InChI is InChI=1S/C20H36N4O14P2S/c1-24(17(29)5-3-2-4-15-18-12(11-41-15)22-20(31)23-18)8-16(28)21-6-7-36-39(32,33)38-40(34,35)37-10-14(27)19(30)13(26)9-25/h9,12-15,18-19,26-27,30H,2-8,10-11H2,1H3,(H,21,28)(H,32,33)(H,34,35)(H2,22,23,31)/t12-,13-,14+,15-,18-,19-/m0/s1. The molecule has 2 heterocycles. The summed E-state index contributed by atoms with van der Waals surface area (Å²) in [7, 11) is -9.04. The summed E-state index contributed by atoms with van der Waals surface area (Å²) in [6, 6.07) is 0.0722. The number of hydrogen-bond donors (Lipinski definition) is 8. The number of aliphatic hydroxyl groups is 3. The van der Waals surface area contributed by atoms with Gasteiger partial charge in [-0.25, -0.2) is 13.9 Å². The molecule has 8 atom stereocenters. The van der Waals surface area contributed by atoms with E-state index >= 15 is 0 Å². The molecule has 0 aromatic heterocycles. The van der Waals surface area contributed by atoms with Crippen LogP contribution in [0.15, 0.2) is 0 Å². The van der Waals surface area contributed by atoms with E-state index < -0.39 is 53.1 Å². The van der Waals surface area contributed by atoms with Crippen molar-refractivity contribution in [1.82, 2.24) is 20.9 Å². The maximum atomic E-state index is 12.3. The predicted molar refractivity (Wildman–Crippen MR) is 141 cm³/mol. The first-order valence-corrected chi connectivity index (χ1v) is 16.5. The zero-order valence-corrected chi connectivity index (χ0v) is 24.7. The zero-order valence-electron chi connectivity index (χ0n) is 22.1. The molecule has 2 aliphatic heterocycles. The molecule has 2 saturated heterocycles. The van der Waals surface area contributed by atoms with E-state index in [-0.39, 0.29) is 55.1 Å². The van der Waals surface area contributed by atoms with Gasteiger partial charge in [0, 0.05) is 31.0 Å². The third-order valence-electron chi connectivity index (χ3n) is 6.05. The number of likely N-dealkylation sites (N-methyl/N-ethyl adjacent to an activating group) is 1. The van der Waals surface area contributed by atoms with Crippen LogP contribution in [0.4, 0.5) is 4.79 Å². The minimum atomic E-state index is -5.30. The molecule has 0 saturated carbocycles. The minimum absolute atomic E-state index is 0.0936. The number of urea groups is 1. The summed E-state index contributed by atoms with van der Waals surface area (Å²) in [6.07, 6.45) is -3.73. The lowest BCUT2D eigenvalue weighted by atomic mass is 10.0. The van der Waals surface area contributed by atoms with E-state index in [1.54, 1.807) is 11.8 Å². The molecule has 4 amide bonds. The summed E-state index contributed by atoms with van der Waals surface area (Å²) in [5.41, 5.74) is 0. The van der Waals surface area contributed by atoms with Gasteiger partial charge in [-0.15, -0.1) is 0 Å². The lowest BCUT2D eigenvalue weighted by Crippen LogP contribution is -2.40. The first kappa shape index (κ1) is 35.6. The van der Waals surface area contributed by atoms with E-state index in [1.807, 2.05) is 0 Å². The number of fused-ring (bicyclic) bond motifs is 1.